The third-order valence-corrected chi connectivity index (χ3v) is 3.71. The number of benzene rings is 1. The van der Waals surface area contributed by atoms with E-state index >= 15 is 0 Å². The molecular formula is C14H18N2OS. The van der Waals surface area contributed by atoms with Gasteiger partial charge in [0, 0.05) is 10.4 Å². The first-order chi connectivity index (χ1) is 8.65. The van der Waals surface area contributed by atoms with Crippen LogP contribution in [0.1, 0.15) is 16.0 Å². The Labute approximate surface area is 112 Å². The highest BCUT2D eigenvalue weighted by atomic mass is 32.1. The Morgan fingerprint density at radius 3 is 2.72 bits per heavy atom. The van der Waals surface area contributed by atoms with Crippen molar-refractivity contribution in [2.45, 2.75) is 20.3 Å². The van der Waals surface area contributed by atoms with E-state index < -0.39 is 0 Å². The van der Waals surface area contributed by atoms with Crippen LogP contribution in [-0.4, -0.2) is 18.0 Å². The van der Waals surface area contributed by atoms with Crippen molar-refractivity contribution in [3.05, 3.63) is 34.2 Å². The van der Waals surface area contributed by atoms with Crippen molar-refractivity contribution in [2.75, 3.05) is 13.7 Å². The van der Waals surface area contributed by atoms with Gasteiger partial charge in [0.05, 0.1) is 12.8 Å². The van der Waals surface area contributed by atoms with Gasteiger partial charge in [-0.2, -0.15) is 4.37 Å². The Hall–Kier alpha value is -1.39. The van der Waals surface area contributed by atoms with Gasteiger partial charge in [0.1, 0.15) is 5.75 Å². The second-order valence-electron chi connectivity index (χ2n) is 4.38. The van der Waals surface area contributed by atoms with Gasteiger partial charge in [0.2, 0.25) is 0 Å². The van der Waals surface area contributed by atoms with E-state index in [0.717, 1.165) is 23.4 Å². The zero-order valence-electron chi connectivity index (χ0n) is 11.0. The molecule has 4 heteroatoms. The van der Waals surface area contributed by atoms with Crippen LogP contribution in [0.2, 0.25) is 0 Å². The normalized spacial score (nSPS) is 10.7. The van der Waals surface area contributed by atoms with Crippen LogP contribution in [0.25, 0.3) is 11.3 Å². The lowest BCUT2D eigenvalue weighted by molar-refractivity contribution is 0.415. The van der Waals surface area contributed by atoms with Crippen molar-refractivity contribution in [3.8, 4) is 17.0 Å². The molecule has 0 fully saturated rings. The third kappa shape index (κ3) is 2.54. The van der Waals surface area contributed by atoms with Gasteiger partial charge in [-0.1, -0.05) is 6.07 Å². The zero-order valence-corrected chi connectivity index (χ0v) is 11.8. The zero-order chi connectivity index (χ0) is 13.1. The van der Waals surface area contributed by atoms with Crippen LogP contribution in [0.5, 0.6) is 5.75 Å². The van der Waals surface area contributed by atoms with Crippen LogP contribution in [0.15, 0.2) is 18.2 Å². The van der Waals surface area contributed by atoms with Gasteiger partial charge in [-0.25, -0.2) is 0 Å². The predicted octanol–water partition coefficient (Wildman–Crippen LogP) is 2.94. The quantitative estimate of drug-likeness (QED) is 0.921. The number of ether oxygens (including phenoxy) is 1. The maximum atomic E-state index is 5.57. The molecule has 1 aromatic carbocycles. The van der Waals surface area contributed by atoms with Crippen molar-refractivity contribution in [1.82, 2.24) is 4.37 Å². The molecule has 2 aromatic rings. The summed E-state index contributed by atoms with van der Waals surface area (Å²) < 4.78 is 9.98. The largest absolute Gasteiger partial charge is 0.496 e. The first-order valence-corrected chi connectivity index (χ1v) is 6.74. The van der Waals surface area contributed by atoms with E-state index in [9.17, 15) is 0 Å². The van der Waals surface area contributed by atoms with E-state index in [0.29, 0.717) is 6.54 Å². The van der Waals surface area contributed by atoms with Gasteiger partial charge in [0.25, 0.3) is 0 Å². The Balaban J connectivity index is 2.48. The number of nitrogens with two attached hydrogens (primary N) is 1. The number of aromatic nitrogens is 1. The summed E-state index contributed by atoms with van der Waals surface area (Å²) in [4.78, 5) is 1.22. The molecule has 0 radical (unpaired) electrons. The van der Waals surface area contributed by atoms with E-state index in [-0.39, 0.29) is 0 Å². The molecule has 0 saturated carbocycles. The highest BCUT2D eigenvalue weighted by Crippen LogP contribution is 2.34. The van der Waals surface area contributed by atoms with Gasteiger partial charge in [-0.3, -0.25) is 0 Å². The molecule has 1 heterocycles. The number of aryl methyl sites for hydroxylation is 2. The predicted molar refractivity (Wildman–Crippen MR) is 76.3 cm³/mol. The second-order valence-corrected chi connectivity index (χ2v) is 5.27. The topological polar surface area (TPSA) is 48.1 Å². The fraction of sp³-hybridized carbons (Fsp3) is 0.357. The van der Waals surface area contributed by atoms with Crippen LogP contribution in [-0.2, 0) is 6.42 Å². The van der Waals surface area contributed by atoms with Crippen LogP contribution >= 0.6 is 11.5 Å². The summed E-state index contributed by atoms with van der Waals surface area (Å²) in [6, 6.07) is 6.31. The molecule has 18 heavy (non-hydrogen) atoms. The van der Waals surface area contributed by atoms with Crippen LogP contribution < -0.4 is 10.5 Å². The minimum absolute atomic E-state index is 0.658. The molecule has 0 amide bonds. The number of rotatable bonds is 4. The Kier molecular flexibility index (Phi) is 3.99. The first kappa shape index (κ1) is 13.1. The van der Waals surface area contributed by atoms with Gasteiger partial charge in [-0.05, 0) is 61.6 Å². The molecule has 0 saturated heterocycles. The third-order valence-electron chi connectivity index (χ3n) is 2.87. The lowest BCUT2D eigenvalue weighted by Gasteiger charge is -2.10. The molecule has 0 aliphatic heterocycles. The van der Waals surface area contributed by atoms with Gasteiger partial charge < -0.3 is 10.5 Å². The van der Waals surface area contributed by atoms with Gasteiger partial charge >= 0.3 is 0 Å². The summed E-state index contributed by atoms with van der Waals surface area (Å²) >= 11 is 1.52. The van der Waals surface area contributed by atoms with E-state index in [1.807, 2.05) is 6.07 Å². The van der Waals surface area contributed by atoms with Crippen molar-refractivity contribution in [3.63, 3.8) is 0 Å². The maximum absolute atomic E-state index is 5.57. The Bertz CT molecular complexity index is 549. The van der Waals surface area contributed by atoms with Crippen molar-refractivity contribution < 1.29 is 4.74 Å². The van der Waals surface area contributed by atoms with E-state index in [4.69, 9.17) is 10.5 Å². The summed E-state index contributed by atoms with van der Waals surface area (Å²) in [5.74, 6) is 0.886. The highest BCUT2D eigenvalue weighted by Gasteiger charge is 2.13. The van der Waals surface area contributed by atoms with Crippen LogP contribution in [0, 0.1) is 13.8 Å². The van der Waals surface area contributed by atoms with Gasteiger partial charge in [-0.15, -0.1) is 0 Å². The average Bonchev–Trinajstić information content (AvgIpc) is 2.76. The number of methoxy groups -OCH3 is 1. The number of hydrogen-bond acceptors (Lipinski definition) is 4. The van der Waals surface area contributed by atoms with E-state index in [2.05, 4.69) is 30.4 Å². The van der Waals surface area contributed by atoms with E-state index in [1.165, 1.54) is 27.5 Å². The number of nitrogens with zero attached hydrogens (tertiary/aromatic N) is 1. The number of hydrogen-bond donors (Lipinski definition) is 1. The summed E-state index contributed by atoms with van der Waals surface area (Å²) in [7, 11) is 1.70. The lowest BCUT2D eigenvalue weighted by atomic mass is 10.0. The fourth-order valence-corrected chi connectivity index (χ4v) is 2.84. The molecule has 0 bridgehead atoms. The second kappa shape index (κ2) is 5.50. The first-order valence-electron chi connectivity index (χ1n) is 5.97. The molecule has 3 nitrogen and oxygen atoms in total. The lowest BCUT2D eigenvalue weighted by Crippen LogP contribution is -2.00. The molecule has 96 valence electrons. The molecule has 0 aliphatic carbocycles. The van der Waals surface area contributed by atoms with Crippen molar-refractivity contribution in [1.29, 1.82) is 0 Å². The summed E-state index contributed by atoms with van der Waals surface area (Å²) in [5.41, 5.74) is 10.0. The monoisotopic (exact) mass is 262 g/mol. The minimum Gasteiger partial charge on any atom is -0.496 e. The summed E-state index contributed by atoms with van der Waals surface area (Å²) in [6.07, 6.45) is 0.880. The smallest absolute Gasteiger partial charge is 0.128 e. The molecule has 2 rings (SSSR count). The highest BCUT2D eigenvalue weighted by molar-refractivity contribution is 7.06. The standard InChI is InChI=1S/C14H18N2OS/c1-9-6-10(2)14(13(7-9)17-3)12-8-11(4-5-15)18-16-12/h6-8H,4-5,15H2,1-3H3. The molecule has 0 aliphatic rings. The van der Waals surface area contributed by atoms with Crippen LogP contribution in [0.4, 0.5) is 0 Å². The molecular weight excluding hydrogens is 244 g/mol. The fourth-order valence-electron chi connectivity index (χ4n) is 2.11. The molecule has 0 spiro atoms. The summed E-state index contributed by atoms with van der Waals surface area (Å²) in [5, 5.41) is 0. The molecule has 0 unspecified atom stereocenters. The van der Waals surface area contributed by atoms with Crippen molar-refractivity contribution >= 4 is 11.5 Å². The van der Waals surface area contributed by atoms with Crippen molar-refractivity contribution in [2.24, 2.45) is 5.73 Å². The molecule has 1 aromatic heterocycles. The van der Waals surface area contributed by atoms with Gasteiger partial charge in [0.15, 0.2) is 0 Å². The minimum atomic E-state index is 0.658. The molecule has 2 N–H and O–H groups in total. The SMILES string of the molecule is COc1cc(C)cc(C)c1-c1cc(CCN)sn1. The summed E-state index contributed by atoms with van der Waals surface area (Å²) in [6.45, 7) is 4.82. The average molecular weight is 262 g/mol. The molecule has 0 atom stereocenters. The Morgan fingerprint density at radius 2 is 2.06 bits per heavy atom. The van der Waals surface area contributed by atoms with Crippen LogP contribution in [0.3, 0.4) is 0 Å². The Morgan fingerprint density at radius 1 is 1.28 bits per heavy atom. The maximum Gasteiger partial charge on any atom is 0.128 e. The van der Waals surface area contributed by atoms with E-state index in [1.54, 1.807) is 7.11 Å².